The van der Waals surface area contributed by atoms with E-state index in [0.717, 1.165) is 25.0 Å². The molecule has 0 bridgehead atoms. The minimum atomic E-state index is -0.512. The lowest BCUT2D eigenvalue weighted by Crippen LogP contribution is -2.19. The first-order valence-electron chi connectivity index (χ1n) is 10.5. The number of hydrogen-bond acceptors (Lipinski definition) is 7. The van der Waals surface area contributed by atoms with Gasteiger partial charge < -0.3 is 14.8 Å². The number of hydrogen-bond donors (Lipinski definition) is 1. The third-order valence-electron chi connectivity index (χ3n) is 5.17. The highest BCUT2D eigenvalue weighted by Gasteiger charge is 2.22. The van der Waals surface area contributed by atoms with Gasteiger partial charge in [0, 0.05) is 17.2 Å². The monoisotopic (exact) mass is 486 g/mol. The molecule has 1 N–H and O–H groups in total. The average molecular weight is 487 g/mol. The molecule has 4 rings (SSSR count). The second kappa shape index (κ2) is 10.8. The maximum atomic E-state index is 12.6. The average Bonchev–Trinajstić information content (AvgIpc) is 3.48. The summed E-state index contributed by atoms with van der Waals surface area (Å²) in [4.78, 5) is 24.6. The summed E-state index contributed by atoms with van der Waals surface area (Å²) in [5.41, 5.74) is 1.58. The Balaban J connectivity index is 1.50. The van der Waals surface area contributed by atoms with E-state index in [0.29, 0.717) is 33.8 Å². The zero-order chi connectivity index (χ0) is 23.2. The topological polar surface area (TPSA) is 95.3 Å². The third kappa shape index (κ3) is 5.73. The third-order valence-corrected chi connectivity index (χ3v) is 6.39. The Morgan fingerprint density at radius 3 is 2.73 bits per heavy atom. The van der Waals surface area contributed by atoms with Crippen LogP contribution in [0.5, 0.6) is 0 Å². The predicted molar refractivity (Wildman–Crippen MR) is 127 cm³/mol. The Kier molecular flexibility index (Phi) is 7.64. The summed E-state index contributed by atoms with van der Waals surface area (Å²) >= 11 is 7.31. The van der Waals surface area contributed by atoms with Crippen molar-refractivity contribution in [2.45, 2.75) is 30.6 Å². The number of carbonyl (C=O) groups excluding carboxylic acids is 2. The molecular weight excluding hydrogens is 464 g/mol. The van der Waals surface area contributed by atoms with Crippen LogP contribution < -0.4 is 5.32 Å². The number of para-hydroxylation sites is 1. The van der Waals surface area contributed by atoms with Gasteiger partial charge in [-0.3, -0.25) is 9.36 Å². The summed E-state index contributed by atoms with van der Waals surface area (Å²) in [6.45, 7) is 1.34. The largest absolute Gasteiger partial charge is 0.465 e. The number of benzene rings is 2. The van der Waals surface area contributed by atoms with E-state index in [1.54, 1.807) is 36.4 Å². The number of anilines is 1. The maximum Gasteiger partial charge on any atom is 0.339 e. The number of amides is 1. The van der Waals surface area contributed by atoms with Gasteiger partial charge in [0.15, 0.2) is 11.0 Å². The van der Waals surface area contributed by atoms with Crippen molar-refractivity contribution in [2.24, 2.45) is 0 Å². The van der Waals surface area contributed by atoms with Crippen LogP contribution in [0.4, 0.5) is 5.69 Å². The summed E-state index contributed by atoms with van der Waals surface area (Å²) in [5.74, 6) is 0.0133. The van der Waals surface area contributed by atoms with Crippen molar-refractivity contribution in [2.75, 3.05) is 24.8 Å². The highest BCUT2D eigenvalue weighted by atomic mass is 35.5. The molecule has 0 aliphatic carbocycles. The van der Waals surface area contributed by atoms with Gasteiger partial charge in [0.25, 0.3) is 0 Å². The van der Waals surface area contributed by atoms with E-state index in [4.69, 9.17) is 21.1 Å². The van der Waals surface area contributed by atoms with Crippen LogP contribution in [0.25, 0.3) is 11.4 Å². The molecule has 2 heterocycles. The number of thioether (sulfide) groups is 1. The zero-order valence-corrected chi connectivity index (χ0v) is 19.6. The van der Waals surface area contributed by atoms with Gasteiger partial charge in [-0.1, -0.05) is 35.5 Å². The number of methoxy groups -OCH3 is 1. The molecule has 1 saturated heterocycles. The Labute approximate surface area is 200 Å². The molecule has 0 unspecified atom stereocenters. The quantitative estimate of drug-likeness (QED) is 0.374. The summed E-state index contributed by atoms with van der Waals surface area (Å²) < 4.78 is 12.6. The Hall–Kier alpha value is -2.88. The van der Waals surface area contributed by atoms with Gasteiger partial charge in [-0.25, -0.2) is 4.79 Å². The number of carbonyl (C=O) groups is 2. The van der Waals surface area contributed by atoms with Crippen LogP contribution in [0.3, 0.4) is 0 Å². The number of nitrogens with one attached hydrogen (secondary N) is 1. The molecule has 8 nitrogen and oxygen atoms in total. The van der Waals surface area contributed by atoms with E-state index in [1.807, 2.05) is 16.7 Å². The van der Waals surface area contributed by atoms with Crippen molar-refractivity contribution in [3.8, 4) is 11.4 Å². The van der Waals surface area contributed by atoms with E-state index in [-0.39, 0.29) is 17.8 Å². The number of esters is 1. The second-order valence-electron chi connectivity index (χ2n) is 7.43. The smallest absolute Gasteiger partial charge is 0.339 e. The number of rotatable bonds is 8. The van der Waals surface area contributed by atoms with Crippen LogP contribution in [0, 0.1) is 0 Å². The molecule has 172 valence electrons. The molecule has 2 aromatic carbocycles. The first kappa shape index (κ1) is 23.3. The Morgan fingerprint density at radius 1 is 1.21 bits per heavy atom. The van der Waals surface area contributed by atoms with Crippen molar-refractivity contribution in [3.05, 3.63) is 59.1 Å². The lowest BCUT2D eigenvalue weighted by Gasteiger charge is -2.15. The van der Waals surface area contributed by atoms with Crippen LogP contribution in [-0.2, 0) is 20.8 Å². The minimum Gasteiger partial charge on any atom is -0.465 e. The zero-order valence-electron chi connectivity index (χ0n) is 18.0. The van der Waals surface area contributed by atoms with Crippen LogP contribution >= 0.6 is 23.4 Å². The molecule has 33 heavy (non-hydrogen) atoms. The molecule has 0 spiro atoms. The normalized spacial score (nSPS) is 15.4. The van der Waals surface area contributed by atoms with E-state index >= 15 is 0 Å². The van der Waals surface area contributed by atoms with Crippen molar-refractivity contribution in [3.63, 3.8) is 0 Å². The molecular formula is C23H23ClN4O4S. The highest BCUT2D eigenvalue weighted by Crippen LogP contribution is 2.27. The molecule has 1 atom stereocenters. The lowest BCUT2D eigenvalue weighted by molar-refractivity contribution is -0.113. The second-order valence-corrected chi connectivity index (χ2v) is 8.81. The lowest BCUT2D eigenvalue weighted by atomic mass is 10.2. The Bertz CT molecular complexity index is 1130. The van der Waals surface area contributed by atoms with Crippen molar-refractivity contribution < 1.29 is 19.1 Å². The highest BCUT2D eigenvalue weighted by molar-refractivity contribution is 7.99. The fraction of sp³-hybridized carbons (Fsp3) is 0.304. The predicted octanol–water partition coefficient (Wildman–Crippen LogP) is 4.29. The summed E-state index contributed by atoms with van der Waals surface area (Å²) in [6.07, 6.45) is 2.06. The fourth-order valence-electron chi connectivity index (χ4n) is 3.56. The minimum absolute atomic E-state index is 0.0761. The van der Waals surface area contributed by atoms with Crippen molar-refractivity contribution in [1.82, 2.24) is 14.8 Å². The molecule has 3 aromatic rings. The summed E-state index contributed by atoms with van der Waals surface area (Å²) in [6, 6.07) is 14.1. The van der Waals surface area contributed by atoms with Crippen molar-refractivity contribution >= 4 is 40.9 Å². The molecule has 1 fully saturated rings. The molecule has 1 aromatic heterocycles. The summed E-state index contributed by atoms with van der Waals surface area (Å²) in [7, 11) is 1.30. The maximum absolute atomic E-state index is 12.6. The molecule has 1 aliphatic rings. The number of aromatic nitrogens is 3. The summed E-state index contributed by atoms with van der Waals surface area (Å²) in [5, 5.41) is 12.7. The van der Waals surface area contributed by atoms with Crippen molar-refractivity contribution in [1.29, 1.82) is 0 Å². The van der Waals surface area contributed by atoms with Gasteiger partial charge >= 0.3 is 5.97 Å². The first-order valence-corrected chi connectivity index (χ1v) is 11.8. The molecule has 0 saturated carbocycles. The standard InChI is InChI=1S/C23H23ClN4O4S/c1-31-22(30)18-6-2-3-7-19(18)25-20(29)14-33-23-27-26-21(15-8-10-16(24)11-9-15)28(23)13-17-5-4-12-32-17/h2-3,6-11,17H,4-5,12-14H2,1H3,(H,25,29)/t17-/m0/s1. The Morgan fingerprint density at radius 2 is 2.00 bits per heavy atom. The molecule has 1 amide bonds. The van der Waals surface area contributed by atoms with Gasteiger partial charge in [-0.15, -0.1) is 10.2 Å². The van der Waals surface area contributed by atoms with E-state index in [9.17, 15) is 9.59 Å². The van der Waals surface area contributed by atoms with Gasteiger partial charge in [0.2, 0.25) is 5.91 Å². The van der Waals surface area contributed by atoms with Gasteiger partial charge in [-0.2, -0.15) is 0 Å². The van der Waals surface area contributed by atoms with Gasteiger partial charge in [0.05, 0.1) is 36.8 Å². The van der Waals surface area contributed by atoms with Crippen LogP contribution in [0.1, 0.15) is 23.2 Å². The molecule has 10 heteroatoms. The van der Waals surface area contributed by atoms with Gasteiger partial charge in [-0.05, 0) is 49.2 Å². The van der Waals surface area contributed by atoms with Gasteiger partial charge in [0.1, 0.15) is 0 Å². The van der Waals surface area contributed by atoms with Crippen LogP contribution in [0.2, 0.25) is 5.02 Å². The molecule has 1 aliphatic heterocycles. The van der Waals surface area contributed by atoms with E-state index < -0.39 is 5.97 Å². The fourth-order valence-corrected chi connectivity index (χ4v) is 4.43. The van der Waals surface area contributed by atoms with E-state index in [1.165, 1.54) is 18.9 Å². The number of nitrogens with zero attached hydrogens (tertiary/aromatic N) is 3. The van der Waals surface area contributed by atoms with Crippen LogP contribution in [0.15, 0.2) is 53.7 Å². The first-order chi connectivity index (χ1) is 16.0. The molecule has 0 radical (unpaired) electrons. The SMILES string of the molecule is COC(=O)c1ccccc1NC(=O)CSc1nnc(-c2ccc(Cl)cc2)n1C[C@@H]1CCCO1. The van der Waals surface area contributed by atoms with Crippen LogP contribution in [-0.4, -0.2) is 52.2 Å². The number of ether oxygens (including phenoxy) is 2. The number of halogens is 1. The van der Waals surface area contributed by atoms with E-state index in [2.05, 4.69) is 15.5 Å².